The summed E-state index contributed by atoms with van der Waals surface area (Å²) in [6.45, 7) is 18.2. The molecule has 0 aromatic heterocycles. The molecule has 0 aliphatic rings. The summed E-state index contributed by atoms with van der Waals surface area (Å²) in [6, 6.07) is 0. The van der Waals surface area contributed by atoms with E-state index < -0.39 is 0 Å². The summed E-state index contributed by atoms with van der Waals surface area (Å²) in [5.74, 6) is 6.99. The van der Waals surface area contributed by atoms with Crippen molar-refractivity contribution in [2.24, 2.45) is 11.8 Å². The first-order valence-electron chi connectivity index (χ1n) is 12.0. The molecule has 0 aliphatic carbocycles. The van der Waals surface area contributed by atoms with E-state index in [9.17, 15) is 4.79 Å². The van der Waals surface area contributed by atoms with Gasteiger partial charge in [0, 0.05) is 17.1 Å². The van der Waals surface area contributed by atoms with Gasteiger partial charge in [-0.15, -0.1) is 0 Å². The van der Waals surface area contributed by atoms with Crippen LogP contribution in [0.3, 0.4) is 0 Å². The van der Waals surface area contributed by atoms with E-state index in [0.717, 1.165) is 12.3 Å². The number of unbranched alkanes of at least 4 members (excludes halogenated alkanes) is 1. The molecule has 0 fully saturated rings. The van der Waals surface area contributed by atoms with Crippen molar-refractivity contribution < 1.29 is 19.0 Å². The molecule has 0 bridgehead atoms. The van der Waals surface area contributed by atoms with Crippen LogP contribution in [-0.2, 0) is 19.0 Å². The van der Waals surface area contributed by atoms with Gasteiger partial charge in [-0.3, -0.25) is 4.79 Å². The van der Waals surface area contributed by atoms with E-state index in [1.54, 1.807) is 0 Å². The topological polar surface area (TPSA) is 56.8 Å². The molecule has 0 aliphatic heterocycles. The number of hydrogen-bond donors (Lipinski definition) is 1. The predicted molar refractivity (Wildman–Crippen MR) is 140 cm³/mol. The van der Waals surface area contributed by atoms with Crippen molar-refractivity contribution in [1.29, 1.82) is 0 Å². The average Bonchev–Trinajstić information content (AvgIpc) is 2.69. The SMILES string of the molecule is CC(C)C#CCNC(=O)CCOCCOCCO[C@H](CCCCC(C)C)SSC(C)(C)C. The van der Waals surface area contributed by atoms with Crippen molar-refractivity contribution in [3.8, 4) is 11.8 Å². The minimum atomic E-state index is -0.0394. The third kappa shape index (κ3) is 24.3. The number of carbonyl (C=O) groups is 1. The van der Waals surface area contributed by atoms with Crippen molar-refractivity contribution in [2.75, 3.05) is 39.6 Å². The molecule has 0 heterocycles. The normalized spacial score (nSPS) is 12.7. The number of carbonyl (C=O) groups excluding carboxylic acids is 1. The summed E-state index contributed by atoms with van der Waals surface area (Å²) in [7, 11) is 3.72. The average molecular weight is 490 g/mol. The van der Waals surface area contributed by atoms with Crippen LogP contribution in [0, 0.1) is 23.7 Å². The maximum Gasteiger partial charge on any atom is 0.223 e. The largest absolute Gasteiger partial charge is 0.379 e. The summed E-state index contributed by atoms with van der Waals surface area (Å²) >= 11 is 0. The van der Waals surface area contributed by atoms with Crippen molar-refractivity contribution in [3.05, 3.63) is 0 Å². The van der Waals surface area contributed by atoms with Gasteiger partial charge in [0.2, 0.25) is 5.91 Å². The third-order valence-electron chi connectivity index (χ3n) is 4.02. The molecule has 0 rings (SSSR count). The predicted octanol–water partition coefficient (Wildman–Crippen LogP) is 5.92. The Bertz CT molecular complexity index is 524. The Morgan fingerprint density at radius 1 is 0.938 bits per heavy atom. The van der Waals surface area contributed by atoms with Gasteiger partial charge in [0.05, 0.1) is 39.6 Å². The molecular weight excluding hydrogens is 442 g/mol. The van der Waals surface area contributed by atoms with E-state index >= 15 is 0 Å². The smallest absolute Gasteiger partial charge is 0.223 e. The maximum absolute atomic E-state index is 11.7. The van der Waals surface area contributed by atoms with E-state index in [0.29, 0.717) is 51.9 Å². The van der Waals surface area contributed by atoms with Gasteiger partial charge in [0.1, 0.15) is 5.44 Å². The molecule has 7 heteroatoms. The molecule has 1 atom stereocenters. The van der Waals surface area contributed by atoms with Crippen molar-refractivity contribution >= 4 is 27.5 Å². The Kier molecular flexibility index (Phi) is 19.8. The number of amides is 1. The van der Waals surface area contributed by atoms with Crippen molar-refractivity contribution in [1.82, 2.24) is 5.32 Å². The highest BCUT2D eigenvalue weighted by Gasteiger charge is 2.17. The lowest BCUT2D eigenvalue weighted by atomic mass is 10.1. The Balaban J connectivity index is 3.79. The first-order valence-corrected chi connectivity index (χ1v) is 14.2. The Hall–Kier alpha value is -0.390. The van der Waals surface area contributed by atoms with Crippen LogP contribution >= 0.6 is 21.6 Å². The molecule has 0 saturated heterocycles. The number of rotatable bonds is 18. The molecule has 0 spiro atoms. The fraction of sp³-hybridized carbons (Fsp3) is 0.880. The monoisotopic (exact) mass is 489 g/mol. The van der Waals surface area contributed by atoms with E-state index in [2.05, 4.69) is 51.8 Å². The van der Waals surface area contributed by atoms with Crippen LogP contribution in [0.5, 0.6) is 0 Å². The molecule has 0 radical (unpaired) electrons. The van der Waals surface area contributed by atoms with Gasteiger partial charge in [0.25, 0.3) is 0 Å². The minimum Gasteiger partial charge on any atom is -0.379 e. The second-order valence-corrected chi connectivity index (χ2v) is 12.7. The van der Waals surface area contributed by atoms with Gasteiger partial charge in [-0.2, -0.15) is 0 Å². The third-order valence-corrected chi connectivity index (χ3v) is 7.63. The minimum absolute atomic E-state index is 0.0394. The molecule has 0 saturated carbocycles. The first kappa shape index (κ1) is 31.6. The summed E-state index contributed by atoms with van der Waals surface area (Å²) in [5.41, 5.74) is 0.204. The maximum atomic E-state index is 11.7. The summed E-state index contributed by atoms with van der Waals surface area (Å²) in [6.07, 6.45) is 5.16. The van der Waals surface area contributed by atoms with Crippen LogP contribution in [0.25, 0.3) is 0 Å². The quantitative estimate of drug-likeness (QED) is 0.112. The second-order valence-electron chi connectivity index (χ2n) is 9.50. The van der Waals surface area contributed by atoms with Gasteiger partial charge in [-0.25, -0.2) is 0 Å². The van der Waals surface area contributed by atoms with Crippen LogP contribution in [0.2, 0.25) is 0 Å². The second kappa shape index (κ2) is 20.0. The lowest BCUT2D eigenvalue weighted by Crippen LogP contribution is -2.25. The molecule has 5 nitrogen and oxygen atoms in total. The van der Waals surface area contributed by atoms with Crippen LogP contribution in [0.4, 0.5) is 0 Å². The van der Waals surface area contributed by atoms with Gasteiger partial charge >= 0.3 is 0 Å². The lowest BCUT2D eigenvalue weighted by Gasteiger charge is -2.22. The van der Waals surface area contributed by atoms with Gasteiger partial charge in [-0.05, 0) is 18.8 Å². The zero-order chi connectivity index (χ0) is 24.2. The highest BCUT2D eigenvalue weighted by atomic mass is 33.1. The molecule has 188 valence electrons. The molecule has 1 N–H and O–H groups in total. The number of nitrogens with one attached hydrogen (secondary N) is 1. The van der Waals surface area contributed by atoms with Crippen LogP contribution in [-0.4, -0.2) is 55.7 Å². The van der Waals surface area contributed by atoms with Crippen LogP contribution < -0.4 is 5.32 Å². The summed E-state index contributed by atoms with van der Waals surface area (Å²) < 4.78 is 17.4. The Morgan fingerprint density at radius 2 is 1.56 bits per heavy atom. The fourth-order valence-corrected chi connectivity index (χ4v) is 4.89. The van der Waals surface area contributed by atoms with E-state index in [4.69, 9.17) is 14.2 Å². The Morgan fingerprint density at radius 3 is 2.19 bits per heavy atom. The van der Waals surface area contributed by atoms with E-state index in [1.165, 1.54) is 19.3 Å². The van der Waals surface area contributed by atoms with Crippen LogP contribution in [0.15, 0.2) is 0 Å². The standard InChI is InChI=1S/C25H47NO4S2/c1-21(2)11-8-9-13-24(31-32-25(5,6)7)30-20-19-29-18-17-28-16-14-23(27)26-15-10-12-22(3)4/h21-22,24H,8-9,11,13-20H2,1-7H3,(H,26,27)/t24-/m0/s1. The van der Waals surface area contributed by atoms with Crippen molar-refractivity contribution in [2.45, 2.75) is 90.8 Å². The van der Waals surface area contributed by atoms with Crippen molar-refractivity contribution in [3.63, 3.8) is 0 Å². The van der Waals surface area contributed by atoms with Gasteiger partial charge in [-0.1, -0.05) is 94.7 Å². The molecule has 0 aromatic carbocycles. The number of ether oxygens (including phenoxy) is 3. The Labute approximate surface area is 205 Å². The highest BCUT2D eigenvalue weighted by Crippen LogP contribution is 2.39. The molecule has 0 aromatic rings. The van der Waals surface area contributed by atoms with E-state index in [1.807, 2.05) is 35.4 Å². The fourth-order valence-electron chi connectivity index (χ4n) is 2.43. The van der Waals surface area contributed by atoms with Gasteiger partial charge in [0.15, 0.2) is 0 Å². The zero-order valence-electron chi connectivity index (χ0n) is 21.5. The molecular formula is C25H47NO4S2. The molecule has 1 amide bonds. The van der Waals surface area contributed by atoms with Crippen LogP contribution in [0.1, 0.15) is 80.6 Å². The zero-order valence-corrected chi connectivity index (χ0v) is 23.1. The first-order chi connectivity index (χ1) is 15.1. The molecule has 0 unspecified atom stereocenters. The van der Waals surface area contributed by atoms with E-state index in [-0.39, 0.29) is 16.1 Å². The summed E-state index contributed by atoms with van der Waals surface area (Å²) in [4.78, 5) is 11.7. The molecule has 32 heavy (non-hydrogen) atoms. The lowest BCUT2D eigenvalue weighted by molar-refractivity contribution is -0.122. The summed E-state index contributed by atoms with van der Waals surface area (Å²) in [5, 5.41) is 2.77. The van der Waals surface area contributed by atoms with Gasteiger partial charge < -0.3 is 19.5 Å². The highest BCUT2D eigenvalue weighted by molar-refractivity contribution is 8.77. The number of hydrogen-bond acceptors (Lipinski definition) is 6.